The third-order valence-electron chi connectivity index (χ3n) is 4.15. The minimum Gasteiger partial charge on any atom is -0.330 e. The Kier molecular flexibility index (Phi) is 4.46. The summed E-state index contributed by atoms with van der Waals surface area (Å²) in [6.07, 6.45) is 0. The lowest BCUT2D eigenvalue weighted by atomic mass is 9.92. The fraction of sp³-hybridized carbons (Fsp3) is 0.444. The molecule has 2 aromatic carbocycles. The maximum absolute atomic E-state index is 5.84. The Balaban J connectivity index is 2.20. The predicted octanol–water partition coefficient (Wildman–Crippen LogP) is 3.82. The second-order valence-electron chi connectivity index (χ2n) is 6.57. The number of nitrogens with two attached hydrogens (primary N) is 1. The number of benzene rings is 2. The van der Waals surface area contributed by atoms with Gasteiger partial charge in [0.05, 0.1) is 0 Å². The number of hydrogen-bond donors (Lipinski definition) is 1. The average Bonchev–Trinajstić information content (AvgIpc) is 2.45. The summed E-state index contributed by atoms with van der Waals surface area (Å²) >= 11 is 0. The Morgan fingerprint density at radius 2 is 1.75 bits per heavy atom. The highest BCUT2D eigenvalue weighted by atomic mass is 15.1. The van der Waals surface area contributed by atoms with Gasteiger partial charge in [-0.1, -0.05) is 50.2 Å². The summed E-state index contributed by atoms with van der Waals surface area (Å²) in [5.74, 6) is 0. The van der Waals surface area contributed by atoms with Crippen molar-refractivity contribution in [3.63, 3.8) is 0 Å². The molecule has 0 saturated carbocycles. The molecule has 0 aromatic heterocycles. The van der Waals surface area contributed by atoms with E-state index in [1.54, 1.807) is 0 Å². The zero-order valence-corrected chi connectivity index (χ0v) is 13.1. The van der Waals surface area contributed by atoms with Crippen molar-refractivity contribution < 1.29 is 0 Å². The fourth-order valence-corrected chi connectivity index (χ4v) is 2.60. The van der Waals surface area contributed by atoms with Gasteiger partial charge in [-0.2, -0.15) is 0 Å². The van der Waals surface area contributed by atoms with E-state index in [-0.39, 0.29) is 5.41 Å². The molecular weight excluding hydrogens is 244 g/mol. The van der Waals surface area contributed by atoms with Gasteiger partial charge in [0.25, 0.3) is 0 Å². The SMILES string of the molecule is CC(c1ccc2ccccc2c1)N(C)CC(C)(C)CN. The highest BCUT2D eigenvalue weighted by Crippen LogP contribution is 2.26. The smallest absolute Gasteiger partial charge is 0.0317 e. The Morgan fingerprint density at radius 3 is 2.40 bits per heavy atom. The molecule has 0 radical (unpaired) electrons. The van der Waals surface area contributed by atoms with Crippen molar-refractivity contribution in [2.45, 2.75) is 26.8 Å². The molecule has 20 heavy (non-hydrogen) atoms. The molecule has 0 fully saturated rings. The van der Waals surface area contributed by atoms with Crippen LogP contribution in [0.4, 0.5) is 0 Å². The van der Waals surface area contributed by atoms with Gasteiger partial charge in [0.15, 0.2) is 0 Å². The Hall–Kier alpha value is -1.38. The van der Waals surface area contributed by atoms with Gasteiger partial charge < -0.3 is 5.73 Å². The van der Waals surface area contributed by atoms with Crippen molar-refractivity contribution >= 4 is 10.8 Å². The summed E-state index contributed by atoms with van der Waals surface area (Å²) < 4.78 is 0. The van der Waals surface area contributed by atoms with Crippen LogP contribution >= 0.6 is 0 Å². The van der Waals surface area contributed by atoms with Crippen molar-refractivity contribution in [1.29, 1.82) is 0 Å². The molecule has 2 nitrogen and oxygen atoms in total. The van der Waals surface area contributed by atoms with Crippen LogP contribution in [0.5, 0.6) is 0 Å². The van der Waals surface area contributed by atoms with Crippen LogP contribution in [0, 0.1) is 5.41 Å². The largest absolute Gasteiger partial charge is 0.330 e. The van der Waals surface area contributed by atoms with E-state index in [1.807, 2.05) is 0 Å². The second kappa shape index (κ2) is 5.94. The van der Waals surface area contributed by atoms with E-state index in [4.69, 9.17) is 5.73 Å². The first kappa shape index (κ1) is 15.0. The zero-order valence-electron chi connectivity index (χ0n) is 13.1. The third-order valence-corrected chi connectivity index (χ3v) is 4.15. The van der Waals surface area contributed by atoms with E-state index in [9.17, 15) is 0 Å². The fourth-order valence-electron chi connectivity index (χ4n) is 2.60. The quantitative estimate of drug-likeness (QED) is 0.895. The van der Waals surface area contributed by atoms with E-state index in [0.29, 0.717) is 12.6 Å². The molecule has 2 aromatic rings. The molecule has 0 aliphatic rings. The minimum atomic E-state index is 0.153. The molecule has 0 aliphatic heterocycles. The Morgan fingerprint density at radius 1 is 1.10 bits per heavy atom. The number of rotatable bonds is 5. The van der Waals surface area contributed by atoms with Crippen LogP contribution in [0.2, 0.25) is 0 Å². The van der Waals surface area contributed by atoms with Crippen molar-refractivity contribution in [2.75, 3.05) is 20.1 Å². The van der Waals surface area contributed by atoms with Crippen molar-refractivity contribution in [1.82, 2.24) is 4.90 Å². The molecule has 0 amide bonds. The molecule has 0 bridgehead atoms. The van der Waals surface area contributed by atoms with E-state index in [2.05, 4.69) is 75.2 Å². The first-order chi connectivity index (χ1) is 9.43. The van der Waals surface area contributed by atoms with Gasteiger partial charge >= 0.3 is 0 Å². The first-order valence-electron chi connectivity index (χ1n) is 7.32. The molecule has 1 unspecified atom stereocenters. The summed E-state index contributed by atoms with van der Waals surface area (Å²) in [6, 6.07) is 15.7. The summed E-state index contributed by atoms with van der Waals surface area (Å²) in [5.41, 5.74) is 7.35. The van der Waals surface area contributed by atoms with Gasteiger partial charge in [0.1, 0.15) is 0 Å². The van der Waals surface area contributed by atoms with Crippen molar-refractivity contribution in [2.24, 2.45) is 11.1 Å². The molecule has 2 rings (SSSR count). The highest BCUT2D eigenvalue weighted by Gasteiger charge is 2.21. The zero-order chi connectivity index (χ0) is 14.8. The summed E-state index contributed by atoms with van der Waals surface area (Å²) in [5, 5.41) is 2.61. The lowest BCUT2D eigenvalue weighted by molar-refractivity contribution is 0.174. The predicted molar refractivity (Wildman–Crippen MR) is 87.8 cm³/mol. The normalized spacial score (nSPS) is 13.9. The first-order valence-corrected chi connectivity index (χ1v) is 7.32. The van der Waals surface area contributed by atoms with Crippen LogP contribution in [-0.2, 0) is 0 Å². The molecule has 2 N–H and O–H groups in total. The Bertz CT molecular complexity index is 574. The van der Waals surface area contributed by atoms with Gasteiger partial charge in [-0.05, 0) is 48.3 Å². The van der Waals surface area contributed by atoms with Crippen LogP contribution in [0.25, 0.3) is 10.8 Å². The molecule has 0 saturated heterocycles. The third kappa shape index (κ3) is 3.38. The number of fused-ring (bicyclic) bond motifs is 1. The monoisotopic (exact) mass is 270 g/mol. The van der Waals surface area contributed by atoms with Crippen LogP contribution in [-0.4, -0.2) is 25.0 Å². The second-order valence-corrected chi connectivity index (χ2v) is 6.57. The lowest BCUT2D eigenvalue weighted by Crippen LogP contribution is -2.37. The van der Waals surface area contributed by atoms with Gasteiger partial charge in [-0.3, -0.25) is 4.90 Å². The van der Waals surface area contributed by atoms with Crippen LogP contribution in [0.1, 0.15) is 32.4 Å². The topological polar surface area (TPSA) is 29.3 Å². The van der Waals surface area contributed by atoms with E-state index < -0.39 is 0 Å². The number of hydrogen-bond acceptors (Lipinski definition) is 2. The van der Waals surface area contributed by atoms with Gasteiger partial charge in [0, 0.05) is 12.6 Å². The van der Waals surface area contributed by atoms with Crippen LogP contribution in [0.15, 0.2) is 42.5 Å². The molecule has 0 aliphatic carbocycles. The maximum Gasteiger partial charge on any atom is 0.0317 e. The lowest BCUT2D eigenvalue weighted by Gasteiger charge is -2.33. The van der Waals surface area contributed by atoms with Gasteiger partial charge in [-0.15, -0.1) is 0 Å². The van der Waals surface area contributed by atoms with Gasteiger partial charge in [0.2, 0.25) is 0 Å². The van der Waals surface area contributed by atoms with Gasteiger partial charge in [-0.25, -0.2) is 0 Å². The summed E-state index contributed by atoms with van der Waals surface area (Å²) in [7, 11) is 2.18. The molecule has 1 atom stereocenters. The summed E-state index contributed by atoms with van der Waals surface area (Å²) in [4.78, 5) is 2.39. The highest BCUT2D eigenvalue weighted by molar-refractivity contribution is 5.83. The molecule has 2 heteroatoms. The molecule has 0 heterocycles. The Labute approximate surface area is 122 Å². The van der Waals surface area contributed by atoms with Crippen LogP contribution in [0.3, 0.4) is 0 Å². The minimum absolute atomic E-state index is 0.153. The standard InChI is InChI=1S/C18H26N2/c1-14(20(4)13-18(2,3)12-19)16-10-9-15-7-5-6-8-17(15)11-16/h5-11,14H,12-13,19H2,1-4H3. The molecule has 108 valence electrons. The number of nitrogens with zero attached hydrogens (tertiary/aromatic N) is 1. The summed E-state index contributed by atoms with van der Waals surface area (Å²) in [6.45, 7) is 8.41. The molecular formula is C18H26N2. The molecule has 0 spiro atoms. The average molecular weight is 270 g/mol. The van der Waals surface area contributed by atoms with E-state index in [1.165, 1.54) is 16.3 Å². The van der Waals surface area contributed by atoms with Crippen molar-refractivity contribution in [3.8, 4) is 0 Å². The van der Waals surface area contributed by atoms with E-state index in [0.717, 1.165) is 6.54 Å². The maximum atomic E-state index is 5.84. The van der Waals surface area contributed by atoms with Crippen molar-refractivity contribution in [3.05, 3.63) is 48.0 Å². The van der Waals surface area contributed by atoms with E-state index >= 15 is 0 Å². The van der Waals surface area contributed by atoms with Crippen LogP contribution < -0.4 is 5.73 Å².